The number of carbonyl (C=O) groups excluding carboxylic acids is 1. The van der Waals surface area contributed by atoms with Gasteiger partial charge < -0.3 is 15.3 Å². The first-order valence-corrected chi connectivity index (χ1v) is 5.65. The third kappa shape index (κ3) is 3.76. The molecular formula is C11H18N4O3. The fourth-order valence-electron chi connectivity index (χ4n) is 1.48. The average molecular weight is 254 g/mol. The van der Waals surface area contributed by atoms with Crippen LogP contribution in [0.15, 0.2) is 12.3 Å². The van der Waals surface area contributed by atoms with Gasteiger partial charge in [-0.05, 0) is 19.9 Å². The number of hydrogen-bond donors (Lipinski definition) is 2. The first-order chi connectivity index (χ1) is 8.41. The van der Waals surface area contributed by atoms with Crippen molar-refractivity contribution in [1.82, 2.24) is 20.0 Å². The van der Waals surface area contributed by atoms with Gasteiger partial charge in [-0.25, -0.2) is 4.79 Å². The molecule has 1 aromatic heterocycles. The predicted molar refractivity (Wildman–Crippen MR) is 64.9 cm³/mol. The second-order valence-electron chi connectivity index (χ2n) is 4.22. The third-order valence-electron chi connectivity index (χ3n) is 2.53. The van der Waals surface area contributed by atoms with Crippen LogP contribution in [0.3, 0.4) is 0 Å². The summed E-state index contributed by atoms with van der Waals surface area (Å²) in [5, 5.41) is 15.4. The second-order valence-corrected chi connectivity index (χ2v) is 4.22. The number of carboxylic acids is 1. The minimum absolute atomic E-state index is 0.173. The van der Waals surface area contributed by atoms with E-state index in [4.69, 9.17) is 5.11 Å². The van der Waals surface area contributed by atoms with Gasteiger partial charge >= 0.3 is 12.0 Å². The normalized spacial score (nSPS) is 10.4. The van der Waals surface area contributed by atoms with E-state index in [1.807, 2.05) is 0 Å². The zero-order chi connectivity index (χ0) is 13.7. The lowest BCUT2D eigenvalue weighted by Crippen LogP contribution is -2.46. The maximum Gasteiger partial charge on any atom is 0.323 e. The van der Waals surface area contributed by atoms with Gasteiger partial charge in [0.15, 0.2) is 0 Å². The second kappa shape index (κ2) is 6.04. The Hall–Kier alpha value is -2.05. The molecule has 7 heteroatoms. The number of aryl methyl sites for hydroxylation is 1. The number of carboxylic acid groups (broad SMARTS) is 1. The van der Waals surface area contributed by atoms with Crippen LogP contribution in [0.4, 0.5) is 4.79 Å². The van der Waals surface area contributed by atoms with Gasteiger partial charge in [0, 0.05) is 19.3 Å². The molecule has 0 aliphatic carbocycles. The number of aliphatic carboxylic acids is 1. The average Bonchev–Trinajstić information content (AvgIpc) is 2.68. The van der Waals surface area contributed by atoms with E-state index >= 15 is 0 Å². The molecule has 7 nitrogen and oxygen atoms in total. The van der Waals surface area contributed by atoms with Gasteiger partial charge in [-0.15, -0.1) is 0 Å². The number of nitrogens with one attached hydrogen (secondary N) is 1. The Balaban J connectivity index is 2.57. The first kappa shape index (κ1) is 14.0. The van der Waals surface area contributed by atoms with Gasteiger partial charge in [-0.1, -0.05) is 0 Å². The highest BCUT2D eigenvalue weighted by molar-refractivity contribution is 5.80. The van der Waals surface area contributed by atoms with Crippen LogP contribution in [0.1, 0.15) is 19.5 Å². The molecule has 1 aromatic rings. The molecule has 0 aliphatic rings. The Labute approximate surface area is 105 Å². The number of amides is 2. The Morgan fingerprint density at radius 3 is 2.67 bits per heavy atom. The van der Waals surface area contributed by atoms with Crippen molar-refractivity contribution in [3.63, 3.8) is 0 Å². The SMILES string of the molecule is CC(C)N(CC(=O)O)C(=O)NCc1ccnn1C. The molecule has 18 heavy (non-hydrogen) atoms. The van der Waals surface area contributed by atoms with E-state index in [2.05, 4.69) is 10.4 Å². The van der Waals surface area contributed by atoms with Crippen LogP contribution in [0, 0.1) is 0 Å². The molecule has 2 amide bonds. The number of rotatable bonds is 5. The Morgan fingerprint density at radius 1 is 1.56 bits per heavy atom. The van der Waals surface area contributed by atoms with E-state index in [9.17, 15) is 9.59 Å². The van der Waals surface area contributed by atoms with Gasteiger partial charge in [-0.2, -0.15) is 5.10 Å². The Morgan fingerprint density at radius 2 is 2.22 bits per heavy atom. The highest BCUT2D eigenvalue weighted by Crippen LogP contribution is 2.00. The van der Waals surface area contributed by atoms with E-state index in [1.165, 1.54) is 4.90 Å². The molecule has 0 aliphatic heterocycles. The van der Waals surface area contributed by atoms with Crippen LogP contribution in [0.5, 0.6) is 0 Å². The lowest BCUT2D eigenvalue weighted by Gasteiger charge is -2.25. The molecular weight excluding hydrogens is 236 g/mol. The lowest BCUT2D eigenvalue weighted by molar-refractivity contribution is -0.138. The lowest BCUT2D eigenvalue weighted by atomic mass is 10.3. The fraction of sp³-hybridized carbons (Fsp3) is 0.545. The first-order valence-electron chi connectivity index (χ1n) is 5.65. The summed E-state index contributed by atoms with van der Waals surface area (Å²) in [6, 6.07) is 1.22. The molecule has 0 fully saturated rings. The smallest absolute Gasteiger partial charge is 0.323 e. The topological polar surface area (TPSA) is 87.5 Å². The molecule has 100 valence electrons. The fourth-order valence-corrected chi connectivity index (χ4v) is 1.48. The van der Waals surface area contributed by atoms with Gasteiger partial charge in [0.25, 0.3) is 0 Å². The molecule has 0 aromatic carbocycles. The van der Waals surface area contributed by atoms with Crippen LogP contribution < -0.4 is 5.32 Å². The monoisotopic (exact) mass is 254 g/mol. The van der Waals surface area contributed by atoms with Gasteiger partial charge in [-0.3, -0.25) is 9.48 Å². The minimum Gasteiger partial charge on any atom is -0.480 e. The molecule has 2 N–H and O–H groups in total. The molecule has 0 unspecified atom stereocenters. The summed E-state index contributed by atoms with van der Waals surface area (Å²) in [6.07, 6.45) is 1.64. The Bertz CT molecular complexity index is 428. The molecule has 1 rings (SSSR count). The summed E-state index contributed by atoms with van der Waals surface area (Å²) in [7, 11) is 1.78. The van der Waals surface area contributed by atoms with E-state index in [0.717, 1.165) is 5.69 Å². The highest BCUT2D eigenvalue weighted by Gasteiger charge is 2.19. The molecule has 0 radical (unpaired) electrons. The summed E-state index contributed by atoms with van der Waals surface area (Å²) in [6.45, 7) is 3.55. The molecule has 0 spiro atoms. The summed E-state index contributed by atoms with van der Waals surface area (Å²) in [4.78, 5) is 23.8. The van der Waals surface area contributed by atoms with Crippen molar-refractivity contribution in [3.05, 3.63) is 18.0 Å². The van der Waals surface area contributed by atoms with Crippen LogP contribution in [0.25, 0.3) is 0 Å². The van der Waals surface area contributed by atoms with Crippen molar-refractivity contribution >= 4 is 12.0 Å². The maximum atomic E-state index is 11.8. The maximum absolute atomic E-state index is 11.8. The molecule has 0 saturated heterocycles. The predicted octanol–water partition coefficient (Wildman–Crippen LogP) is 0.425. The van der Waals surface area contributed by atoms with Crippen molar-refractivity contribution in [3.8, 4) is 0 Å². The summed E-state index contributed by atoms with van der Waals surface area (Å²) in [5.74, 6) is -1.03. The van der Waals surface area contributed by atoms with Gasteiger partial charge in [0.2, 0.25) is 0 Å². The van der Waals surface area contributed by atoms with E-state index in [0.29, 0.717) is 6.54 Å². The van der Waals surface area contributed by atoms with Crippen molar-refractivity contribution in [1.29, 1.82) is 0 Å². The van der Waals surface area contributed by atoms with Crippen LogP contribution in [-0.2, 0) is 18.4 Å². The molecule has 0 atom stereocenters. The summed E-state index contributed by atoms with van der Waals surface area (Å²) in [5.41, 5.74) is 0.849. The van der Waals surface area contributed by atoms with Crippen molar-refractivity contribution in [2.45, 2.75) is 26.4 Å². The number of carbonyl (C=O) groups is 2. The quantitative estimate of drug-likeness (QED) is 0.797. The van der Waals surface area contributed by atoms with Gasteiger partial charge in [0.05, 0.1) is 12.2 Å². The third-order valence-corrected chi connectivity index (χ3v) is 2.53. The largest absolute Gasteiger partial charge is 0.480 e. The van der Waals surface area contributed by atoms with Gasteiger partial charge in [0.1, 0.15) is 6.54 Å². The van der Waals surface area contributed by atoms with Crippen molar-refractivity contribution < 1.29 is 14.7 Å². The Kier molecular flexibility index (Phi) is 4.70. The molecule has 0 bridgehead atoms. The van der Waals surface area contributed by atoms with Crippen LogP contribution in [0.2, 0.25) is 0 Å². The molecule has 1 heterocycles. The van der Waals surface area contributed by atoms with Crippen molar-refractivity contribution in [2.75, 3.05) is 6.54 Å². The van der Waals surface area contributed by atoms with E-state index in [-0.39, 0.29) is 12.6 Å². The summed E-state index contributed by atoms with van der Waals surface area (Å²) >= 11 is 0. The number of hydrogen-bond acceptors (Lipinski definition) is 3. The zero-order valence-corrected chi connectivity index (χ0v) is 10.8. The van der Waals surface area contributed by atoms with E-state index in [1.54, 1.807) is 37.8 Å². The van der Waals surface area contributed by atoms with Crippen LogP contribution in [-0.4, -0.2) is 44.4 Å². The summed E-state index contributed by atoms with van der Waals surface area (Å²) < 4.78 is 1.65. The number of urea groups is 1. The van der Waals surface area contributed by atoms with E-state index < -0.39 is 12.0 Å². The zero-order valence-electron chi connectivity index (χ0n) is 10.8. The van der Waals surface area contributed by atoms with Crippen LogP contribution >= 0.6 is 0 Å². The standard InChI is InChI=1S/C11H18N4O3/c1-8(2)15(7-10(16)17)11(18)12-6-9-4-5-13-14(9)3/h4-5,8H,6-7H2,1-3H3,(H,12,18)(H,16,17). The number of aromatic nitrogens is 2. The minimum atomic E-state index is -1.03. The molecule has 0 saturated carbocycles. The highest BCUT2D eigenvalue weighted by atomic mass is 16.4. The van der Waals surface area contributed by atoms with Crippen molar-refractivity contribution in [2.24, 2.45) is 7.05 Å². The number of nitrogens with zero attached hydrogens (tertiary/aromatic N) is 3.